The summed E-state index contributed by atoms with van der Waals surface area (Å²) in [6.45, 7) is 7.00. The van der Waals surface area contributed by atoms with E-state index in [4.69, 9.17) is 0 Å². The number of urea groups is 1. The fraction of sp³-hybridized carbons (Fsp3) is 0.706. The van der Waals surface area contributed by atoms with E-state index in [9.17, 15) is 14.4 Å². The monoisotopic (exact) mass is 319 g/mol. The minimum atomic E-state index is -0.826. The van der Waals surface area contributed by atoms with Gasteiger partial charge in [0.25, 0.3) is 11.8 Å². The van der Waals surface area contributed by atoms with Crippen LogP contribution in [0.4, 0.5) is 4.79 Å². The maximum absolute atomic E-state index is 12.4. The van der Waals surface area contributed by atoms with Gasteiger partial charge in [-0.3, -0.25) is 14.9 Å². The molecule has 0 aromatic heterocycles. The number of piperidine rings is 1. The maximum Gasteiger partial charge on any atom is 0.322 e. The number of nitrogens with zero attached hydrogens (tertiary/aromatic N) is 1. The Balaban J connectivity index is 2.09. The largest absolute Gasteiger partial charge is 0.332 e. The lowest BCUT2D eigenvalue weighted by atomic mass is 9.74. The van der Waals surface area contributed by atoms with Gasteiger partial charge in [0.05, 0.1) is 0 Å². The first-order valence-electron chi connectivity index (χ1n) is 8.24. The van der Waals surface area contributed by atoms with Crippen LogP contribution in [-0.4, -0.2) is 41.4 Å². The van der Waals surface area contributed by atoms with Gasteiger partial charge in [0, 0.05) is 13.1 Å². The van der Waals surface area contributed by atoms with E-state index in [-0.39, 0.29) is 17.7 Å². The molecule has 2 N–H and O–H groups in total. The lowest BCUT2D eigenvalue weighted by Gasteiger charge is -2.40. The first kappa shape index (κ1) is 17.3. The lowest BCUT2D eigenvalue weighted by molar-refractivity contribution is -0.129. The predicted molar refractivity (Wildman–Crippen MR) is 86.2 cm³/mol. The second kappa shape index (κ2) is 7.03. The Morgan fingerprint density at radius 1 is 1.35 bits per heavy atom. The molecule has 126 valence electrons. The number of carbonyl (C=O) groups is 3. The molecule has 6 nitrogen and oxygen atoms in total. The normalized spacial score (nSPS) is 25.0. The van der Waals surface area contributed by atoms with E-state index in [0.717, 1.165) is 6.42 Å². The molecule has 0 aromatic carbocycles. The summed E-state index contributed by atoms with van der Waals surface area (Å²) in [7, 11) is 0. The number of carbonyl (C=O) groups excluding carboxylic acids is 3. The van der Waals surface area contributed by atoms with Crippen LogP contribution < -0.4 is 10.6 Å². The van der Waals surface area contributed by atoms with E-state index in [1.807, 2.05) is 0 Å². The minimum Gasteiger partial charge on any atom is -0.332 e. The zero-order valence-electron chi connectivity index (χ0n) is 14.1. The summed E-state index contributed by atoms with van der Waals surface area (Å²) in [6.07, 6.45) is 2.90. The van der Waals surface area contributed by atoms with Crippen LogP contribution in [0.5, 0.6) is 0 Å². The molecular formula is C17H25N3O3. The average molecular weight is 319 g/mol. The molecule has 2 heterocycles. The molecular weight excluding hydrogens is 294 g/mol. The standard InChI is InChI=1S/C17H25N3O3/c1-4-5-14(21)20-10-7-13(8-11-20)17(9-6-12(2)3)15(22)18-16(23)19-17/h12-13H,6-11H2,1-3H3,(H2,18,19,22,23)/t17-/m0/s1. The molecule has 0 saturated carbocycles. The van der Waals surface area contributed by atoms with Crippen LogP contribution in [0.3, 0.4) is 0 Å². The summed E-state index contributed by atoms with van der Waals surface area (Å²) in [5.41, 5.74) is -0.826. The number of rotatable bonds is 4. The van der Waals surface area contributed by atoms with Crippen molar-refractivity contribution >= 4 is 17.8 Å². The highest BCUT2D eigenvalue weighted by Crippen LogP contribution is 2.35. The van der Waals surface area contributed by atoms with E-state index in [2.05, 4.69) is 36.3 Å². The molecule has 6 heteroatoms. The van der Waals surface area contributed by atoms with Crippen molar-refractivity contribution in [3.05, 3.63) is 0 Å². The molecule has 0 radical (unpaired) electrons. The molecule has 2 saturated heterocycles. The predicted octanol–water partition coefficient (Wildman–Crippen LogP) is 1.26. The van der Waals surface area contributed by atoms with Crippen molar-refractivity contribution in [2.75, 3.05) is 13.1 Å². The molecule has 0 aromatic rings. The van der Waals surface area contributed by atoms with Gasteiger partial charge in [0.2, 0.25) is 0 Å². The number of imide groups is 1. The van der Waals surface area contributed by atoms with Crippen LogP contribution in [0.1, 0.15) is 46.5 Å². The lowest BCUT2D eigenvalue weighted by Crippen LogP contribution is -2.56. The maximum atomic E-state index is 12.4. The highest BCUT2D eigenvalue weighted by atomic mass is 16.2. The SMILES string of the molecule is CC#CC(=O)N1CCC([C@]2(CCC(C)C)NC(=O)NC2=O)CC1. The van der Waals surface area contributed by atoms with Crippen molar-refractivity contribution in [2.24, 2.45) is 11.8 Å². The zero-order valence-corrected chi connectivity index (χ0v) is 14.1. The van der Waals surface area contributed by atoms with Gasteiger partial charge in [0.15, 0.2) is 0 Å². The van der Waals surface area contributed by atoms with Crippen LogP contribution in [-0.2, 0) is 9.59 Å². The fourth-order valence-electron chi connectivity index (χ4n) is 3.45. The summed E-state index contributed by atoms with van der Waals surface area (Å²) < 4.78 is 0. The van der Waals surface area contributed by atoms with Gasteiger partial charge >= 0.3 is 6.03 Å². The molecule has 0 spiro atoms. The van der Waals surface area contributed by atoms with Gasteiger partial charge in [-0.05, 0) is 50.4 Å². The van der Waals surface area contributed by atoms with Crippen molar-refractivity contribution in [1.29, 1.82) is 0 Å². The van der Waals surface area contributed by atoms with E-state index in [0.29, 0.717) is 38.3 Å². The molecule has 4 amide bonds. The first-order valence-corrected chi connectivity index (χ1v) is 8.24. The van der Waals surface area contributed by atoms with E-state index in [1.54, 1.807) is 11.8 Å². The number of hydrogen-bond acceptors (Lipinski definition) is 3. The molecule has 2 rings (SSSR count). The van der Waals surface area contributed by atoms with E-state index < -0.39 is 11.6 Å². The Hall–Kier alpha value is -2.03. The van der Waals surface area contributed by atoms with Crippen LogP contribution in [0, 0.1) is 23.7 Å². The number of hydrogen-bond donors (Lipinski definition) is 2. The molecule has 0 bridgehead atoms. The molecule has 0 unspecified atom stereocenters. The van der Waals surface area contributed by atoms with Crippen molar-refractivity contribution in [1.82, 2.24) is 15.5 Å². The van der Waals surface area contributed by atoms with E-state index in [1.165, 1.54) is 0 Å². The summed E-state index contributed by atoms with van der Waals surface area (Å²) in [6, 6.07) is -0.408. The Kier molecular flexibility index (Phi) is 5.30. The van der Waals surface area contributed by atoms with Crippen LogP contribution in [0.25, 0.3) is 0 Å². The molecule has 2 fully saturated rings. The average Bonchev–Trinajstić information content (AvgIpc) is 2.80. The zero-order chi connectivity index (χ0) is 17.0. The third-order valence-electron chi connectivity index (χ3n) is 4.80. The van der Waals surface area contributed by atoms with Gasteiger partial charge in [-0.2, -0.15) is 0 Å². The highest BCUT2D eigenvalue weighted by Gasteiger charge is 2.51. The Morgan fingerprint density at radius 2 is 2.00 bits per heavy atom. The minimum absolute atomic E-state index is 0.0475. The Bertz CT molecular complexity index is 553. The van der Waals surface area contributed by atoms with Crippen molar-refractivity contribution < 1.29 is 14.4 Å². The summed E-state index contributed by atoms with van der Waals surface area (Å²) in [5, 5.41) is 5.27. The number of likely N-dealkylation sites (tertiary alicyclic amines) is 1. The second-order valence-corrected chi connectivity index (χ2v) is 6.75. The second-order valence-electron chi connectivity index (χ2n) is 6.75. The van der Waals surface area contributed by atoms with Gasteiger partial charge in [-0.25, -0.2) is 4.79 Å². The van der Waals surface area contributed by atoms with Crippen molar-refractivity contribution in [2.45, 2.75) is 52.0 Å². The summed E-state index contributed by atoms with van der Waals surface area (Å²) in [5.74, 6) is 5.29. The topological polar surface area (TPSA) is 78.5 Å². The molecule has 0 aliphatic carbocycles. The quantitative estimate of drug-likeness (QED) is 0.605. The van der Waals surface area contributed by atoms with Crippen molar-refractivity contribution in [3.63, 3.8) is 0 Å². The van der Waals surface area contributed by atoms with E-state index >= 15 is 0 Å². The smallest absolute Gasteiger partial charge is 0.322 e. The van der Waals surface area contributed by atoms with Gasteiger partial charge in [-0.1, -0.05) is 19.8 Å². The summed E-state index contributed by atoms with van der Waals surface area (Å²) >= 11 is 0. The Labute approximate surface area is 137 Å². The Morgan fingerprint density at radius 3 is 2.48 bits per heavy atom. The molecule has 1 atom stereocenters. The van der Waals surface area contributed by atoms with Crippen LogP contribution in [0.15, 0.2) is 0 Å². The van der Waals surface area contributed by atoms with Crippen molar-refractivity contribution in [3.8, 4) is 11.8 Å². The fourth-order valence-corrected chi connectivity index (χ4v) is 3.45. The first-order chi connectivity index (χ1) is 10.9. The molecule has 23 heavy (non-hydrogen) atoms. The molecule has 2 aliphatic rings. The molecule has 2 aliphatic heterocycles. The number of amides is 4. The third-order valence-corrected chi connectivity index (χ3v) is 4.80. The van der Waals surface area contributed by atoms with Gasteiger partial charge in [-0.15, -0.1) is 0 Å². The summed E-state index contributed by atoms with van der Waals surface area (Å²) in [4.78, 5) is 37.7. The van der Waals surface area contributed by atoms with Gasteiger partial charge in [0.1, 0.15) is 5.54 Å². The van der Waals surface area contributed by atoms with Gasteiger partial charge < -0.3 is 10.2 Å². The highest BCUT2D eigenvalue weighted by molar-refractivity contribution is 6.07. The van der Waals surface area contributed by atoms with Crippen LogP contribution >= 0.6 is 0 Å². The third kappa shape index (κ3) is 3.66. The van der Waals surface area contributed by atoms with Crippen LogP contribution in [0.2, 0.25) is 0 Å². The number of nitrogens with one attached hydrogen (secondary N) is 2.